The second-order valence-corrected chi connectivity index (χ2v) is 5.18. The summed E-state index contributed by atoms with van der Waals surface area (Å²) in [7, 11) is 0. The maximum absolute atomic E-state index is 12.5. The van der Waals surface area contributed by atoms with E-state index < -0.39 is 11.7 Å². The first-order chi connectivity index (χ1) is 10.7. The van der Waals surface area contributed by atoms with Gasteiger partial charge < -0.3 is 14.5 Å². The summed E-state index contributed by atoms with van der Waals surface area (Å²) < 4.78 is 4.74. The highest BCUT2D eigenvalue weighted by Gasteiger charge is 2.34. The fraction of sp³-hybridized carbons (Fsp3) is 0.333. The van der Waals surface area contributed by atoms with Crippen LogP contribution in [-0.2, 0) is 4.79 Å². The van der Waals surface area contributed by atoms with Crippen LogP contribution in [-0.4, -0.2) is 38.4 Å². The molecular weight excluding hydrogens is 286 g/mol. The molecule has 2 aromatic rings. The standard InChI is InChI=1S/C15H15N3O4/c19-11-6-4-10(5-7-11)13(20)15(21)18-8-2-1-3-12(18)14-16-9-22-17-14/h4-7,9,12,19H,1-3,8H2. The molecule has 2 heterocycles. The number of piperidine rings is 1. The van der Waals surface area contributed by atoms with Crippen molar-refractivity contribution in [2.24, 2.45) is 0 Å². The molecule has 1 aromatic carbocycles. The number of Topliss-reactive ketones (excluding diaryl/α,β-unsaturated/α-hetero) is 1. The zero-order valence-electron chi connectivity index (χ0n) is 11.8. The van der Waals surface area contributed by atoms with E-state index in [1.807, 2.05) is 0 Å². The lowest BCUT2D eigenvalue weighted by atomic mass is 10.00. The molecule has 1 fully saturated rings. The van der Waals surface area contributed by atoms with E-state index in [2.05, 4.69) is 10.1 Å². The van der Waals surface area contributed by atoms with E-state index in [1.165, 1.54) is 35.6 Å². The second-order valence-electron chi connectivity index (χ2n) is 5.18. The van der Waals surface area contributed by atoms with Gasteiger partial charge in [-0.25, -0.2) is 0 Å². The highest BCUT2D eigenvalue weighted by atomic mass is 16.5. The number of carbonyl (C=O) groups is 2. The van der Waals surface area contributed by atoms with Gasteiger partial charge in [-0.3, -0.25) is 9.59 Å². The van der Waals surface area contributed by atoms with Crippen molar-refractivity contribution in [3.63, 3.8) is 0 Å². The average Bonchev–Trinajstić information content (AvgIpc) is 3.08. The van der Waals surface area contributed by atoms with Crippen LogP contribution < -0.4 is 0 Å². The summed E-state index contributed by atoms with van der Waals surface area (Å²) in [5, 5.41) is 13.1. The number of carbonyl (C=O) groups excluding carboxylic acids is 2. The van der Waals surface area contributed by atoms with Crippen molar-refractivity contribution in [1.29, 1.82) is 0 Å². The van der Waals surface area contributed by atoms with E-state index in [0.717, 1.165) is 12.8 Å². The number of nitrogens with zero attached hydrogens (tertiary/aromatic N) is 3. The van der Waals surface area contributed by atoms with Gasteiger partial charge in [0.2, 0.25) is 12.2 Å². The quantitative estimate of drug-likeness (QED) is 0.685. The zero-order valence-corrected chi connectivity index (χ0v) is 11.8. The molecule has 1 N–H and O–H groups in total. The lowest BCUT2D eigenvalue weighted by Gasteiger charge is -2.33. The molecule has 1 atom stereocenters. The molecule has 1 aliphatic rings. The molecule has 7 nitrogen and oxygen atoms in total. The summed E-state index contributed by atoms with van der Waals surface area (Å²) in [5.74, 6) is -0.714. The Balaban J connectivity index is 1.82. The van der Waals surface area contributed by atoms with Crippen molar-refractivity contribution in [3.05, 3.63) is 42.0 Å². The first kappa shape index (κ1) is 14.2. The minimum absolute atomic E-state index is 0.0478. The molecule has 0 bridgehead atoms. The van der Waals surface area contributed by atoms with Crippen LogP contribution in [0.3, 0.4) is 0 Å². The van der Waals surface area contributed by atoms with Crippen molar-refractivity contribution in [3.8, 4) is 5.75 Å². The SMILES string of the molecule is O=C(C(=O)N1CCCCC1c1ncon1)c1ccc(O)cc1. The molecule has 1 aromatic heterocycles. The Morgan fingerprint density at radius 1 is 1.23 bits per heavy atom. The summed E-state index contributed by atoms with van der Waals surface area (Å²) in [5.41, 5.74) is 0.250. The maximum Gasteiger partial charge on any atom is 0.295 e. The van der Waals surface area contributed by atoms with Crippen LogP contribution >= 0.6 is 0 Å². The van der Waals surface area contributed by atoms with Crippen LogP contribution in [0.2, 0.25) is 0 Å². The summed E-state index contributed by atoms with van der Waals surface area (Å²) in [6.45, 7) is 0.488. The van der Waals surface area contributed by atoms with Gasteiger partial charge in [0.1, 0.15) is 5.75 Å². The number of phenols is 1. The highest BCUT2D eigenvalue weighted by Crippen LogP contribution is 2.29. The Labute approximate surface area is 126 Å². The lowest BCUT2D eigenvalue weighted by Crippen LogP contribution is -2.42. The van der Waals surface area contributed by atoms with Crippen LogP contribution in [0.1, 0.15) is 41.5 Å². The largest absolute Gasteiger partial charge is 0.508 e. The molecule has 1 aliphatic heterocycles. The van der Waals surface area contributed by atoms with E-state index in [9.17, 15) is 14.7 Å². The van der Waals surface area contributed by atoms with Gasteiger partial charge in [-0.05, 0) is 43.5 Å². The van der Waals surface area contributed by atoms with E-state index in [4.69, 9.17) is 4.52 Å². The van der Waals surface area contributed by atoms with Crippen LogP contribution in [0.15, 0.2) is 35.2 Å². The van der Waals surface area contributed by atoms with E-state index >= 15 is 0 Å². The highest BCUT2D eigenvalue weighted by molar-refractivity contribution is 6.42. The Hall–Kier alpha value is -2.70. The van der Waals surface area contributed by atoms with Crippen LogP contribution in [0.4, 0.5) is 0 Å². The number of hydrogen-bond donors (Lipinski definition) is 1. The number of ketones is 1. The third-order valence-electron chi connectivity index (χ3n) is 3.76. The maximum atomic E-state index is 12.5. The molecule has 0 radical (unpaired) electrons. The van der Waals surface area contributed by atoms with Crippen LogP contribution in [0, 0.1) is 0 Å². The second kappa shape index (κ2) is 5.97. The summed E-state index contributed by atoms with van der Waals surface area (Å²) in [6.07, 6.45) is 3.70. The number of likely N-dealkylation sites (tertiary alicyclic amines) is 1. The van der Waals surface area contributed by atoms with E-state index in [-0.39, 0.29) is 17.4 Å². The number of aromatic nitrogens is 2. The smallest absolute Gasteiger partial charge is 0.295 e. The fourth-order valence-electron chi connectivity index (χ4n) is 2.64. The molecule has 22 heavy (non-hydrogen) atoms. The Morgan fingerprint density at radius 3 is 2.68 bits per heavy atom. The normalized spacial score (nSPS) is 18.2. The molecule has 7 heteroatoms. The lowest BCUT2D eigenvalue weighted by molar-refractivity contribution is -0.130. The van der Waals surface area contributed by atoms with Gasteiger partial charge in [0.05, 0.1) is 6.04 Å². The van der Waals surface area contributed by atoms with Crippen molar-refractivity contribution in [1.82, 2.24) is 15.0 Å². The number of amides is 1. The summed E-state index contributed by atoms with van der Waals surface area (Å²) >= 11 is 0. The third kappa shape index (κ3) is 2.69. The fourth-order valence-corrected chi connectivity index (χ4v) is 2.64. The molecule has 0 aliphatic carbocycles. The van der Waals surface area contributed by atoms with Crippen molar-refractivity contribution < 1.29 is 19.2 Å². The van der Waals surface area contributed by atoms with Crippen molar-refractivity contribution in [2.45, 2.75) is 25.3 Å². The van der Waals surface area contributed by atoms with Gasteiger partial charge in [-0.15, -0.1) is 0 Å². The van der Waals surface area contributed by atoms with E-state index in [0.29, 0.717) is 18.8 Å². The predicted octanol–water partition coefficient (Wildman–Crippen LogP) is 1.71. The number of phenolic OH excluding ortho intramolecular Hbond substituents is 1. The molecule has 1 unspecified atom stereocenters. The number of benzene rings is 1. The van der Waals surface area contributed by atoms with Crippen LogP contribution in [0.5, 0.6) is 5.75 Å². The molecule has 0 saturated carbocycles. The minimum atomic E-state index is -0.601. The summed E-state index contributed by atoms with van der Waals surface area (Å²) in [4.78, 5) is 30.4. The van der Waals surface area contributed by atoms with Gasteiger partial charge in [0.15, 0.2) is 5.82 Å². The first-order valence-electron chi connectivity index (χ1n) is 7.07. The van der Waals surface area contributed by atoms with Crippen LogP contribution in [0.25, 0.3) is 0 Å². The number of aromatic hydroxyl groups is 1. The third-order valence-corrected chi connectivity index (χ3v) is 3.76. The molecule has 3 rings (SSSR count). The van der Waals surface area contributed by atoms with E-state index in [1.54, 1.807) is 0 Å². The number of hydrogen-bond acceptors (Lipinski definition) is 6. The Morgan fingerprint density at radius 2 is 2.00 bits per heavy atom. The zero-order chi connectivity index (χ0) is 15.5. The molecule has 114 valence electrons. The summed E-state index contributed by atoms with van der Waals surface area (Å²) in [6, 6.07) is 5.30. The van der Waals surface area contributed by atoms with Gasteiger partial charge in [-0.1, -0.05) is 5.16 Å². The van der Waals surface area contributed by atoms with Gasteiger partial charge in [0.25, 0.3) is 5.91 Å². The Kier molecular flexibility index (Phi) is 3.86. The van der Waals surface area contributed by atoms with Crippen molar-refractivity contribution >= 4 is 11.7 Å². The minimum Gasteiger partial charge on any atom is -0.508 e. The topological polar surface area (TPSA) is 96.5 Å². The molecule has 1 amide bonds. The molecule has 1 saturated heterocycles. The van der Waals surface area contributed by atoms with Gasteiger partial charge in [-0.2, -0.15) is 4.98 Å². The van der Waals surface area contributed by atoms with Gasteiger partial charge >= 0.3 is 0 Å². The van der Waals surface area contributed by atoms with Crippen molar-refractivity contribution in [2.75, 3.05) is 6.54 Å². The average molecular weight is 301 g/mol. The molecule has 0 spiro atoms. The monoisotopic (exact) mass is 301 g/mol. The first-order valence-corrected chi connectivity index (χ1v) is 7.07. The molecular formula is C15H15N3O4. The van der Waals surface area contributed by atoms with Gasteiger partial charge in [0, 0.05) is 12.1 Å². The number of rotatable bonds is 3. The Bertz CT molecular complexity index is 667. The predicted molar refractivity (Wildman–Crippen MR) is 75.0 cm³/mol.